The Morgan fingerprint density at radius 2 is 2.24 bits per heavy atom. The van der Waals surface area contributed by atoms with E-state index < -0.39 is 0 Å². The molecule has 0 aromatic heterocycles. The van der Waals surface area contributed by atoms with Crippen molar-refractivity contribution < 1.29 is 9.47 Å². The topological polar surface area (TPSA) is 42.2 Å². The molecule has 1 fully saturated rings. The lowest BCUT2D eigenvalue weighted by Gasteiger charge is -2.35. The van der Waals surface area contributed by atoms with Crippen molar-refractivity contribution in [1.82, 2.24) is 0 Å². The third-order valence-electron chi connectivity index (χ3n) is 3.26. The Kier molecular flexibility index (Phi) is 3.35. The molecule has 90 valence electrons. The largest absolute Gasteiger partial charge is 0.496 e. The van der Waals surface area contributed by atoms with Gasteiger partial charge in [-0.05, 0) is 30.0 Å². The van der Waals surface area contributed by atoms with Crippen molar-refractivity contribution in [3.8, 4) is 11.8 Å². The minimum absolute atomic E-state index is 0.306. The zero-order valence-electron chi connectivity index (χ0n) is 10.3. The molecule has 0 atom stereocenters. The molecule has 3 heteroatoms. The van der Waals surface area contributed by atoms with Gasteiger partial charge in [0.15, 0.2) is 0 Å². The molecule has 0 radical (unpaired) electrons. The molecule has 1 aliphatic heterocycles. The first kappa shape index (κ1) is 11.9. The summed E-state index contributed by atoms with van der Waals surface area (Å²) in [6, 6.07) is 8.53. The minimum atomic E-state index is -0.306. The molecule has 0 N–H and O–H groups in total. The molecule has 3 nitrogen and oxygen atoms in total. The quantitative estimate of drug-likeness (QED) is 0.798. The maximum Gasteiger partial charge on any atom is 0.122 e. The van der Waals surface area contributed by atoms with E-state index in [1.165, 1.54) is 11.1 Å². The van der Waals surface area contributed by atoms with E-state index in [1.54, 1.807) is 7.11 Å². The molecular formula is C14H17NO2. The molecule has 0 aliphatic carbocycles. The summed E-state index contributed by atoms with van der Waals surface area (Å²) >= 11 is 0. The highest BCUT2D eigenvalue weighted by Gasteiger charge is 2.39. The first-order valence-corrected chi connectivity index (χ1v) is 5.88. The average molecular weight is 231 g/mol. The second kappa shape index (κ2) is 4.77. The van der Waals surface area contributed by atoms with Gasteiger partial charge in [-0.2, -0.15) is 5.26 Å². The van der Waals surface area contributed by atoms with Gasteiger partial charge in [0, 0.05) is 0 Å². The van der Waals surface area contributed by atoms with Gasteiger partial charge < -0.3 is 9.47 Å². The lowest BCUT2D eigenvalue weighted by atomic mass is 9.81. The van der Waals surface area contributed by atoms with Gasteiger partial charge in [0.1, 0.15) is 11.2 Å². The predicted octanol–water partition coefficient (Wildman–Crippen LogP) is 2.34. The van der Waals surface area contributed by atoms with Crippen LogP contribution < -0.4 is 4.74 Å². The maximum atomic E-state index is 9.17. The zero-order valence-corrected chi connectivity index (χ0v) is 10.3. The van der Waals surface area contributed by atoms with E-state index in [0.29, 0.717) is 13.2 Å². The molecule has 1 aliphatic rings. The summed E-state index contributed by atoms with van der Waals surface area (Å²) in [6.45, 7) is 3.21. The standard InChI is InChI=1S/C14H17NO2/c1-3-12-6-11(4-5-13(12)16-2)7-14(8-15)9-17-10-14/h4-6H,3,7,9-10H2,1-2H3. The number of rotatable bonds is 4. The molecule has 1 aromatic carbocycles. The minimum Gasteiger partial charge on any atom is -0.496 e. The van der Waals surface area contributed by atoms with Crippen LogP contribution in [-0.4, -0.2) is 20.3 Å². The van der Waals surface area contributed by atoms with Gasteiger partial charge in [0.05, 0.1) is 26.4 Å². The van der Waals surface area contributed by atoms with E-state index in [4.69, 9.17) is 9.47 Å². The van der Waals surface area contributed by atoms with Crippen LogP contribution in [-0.2, 0) is 17.6 Å². The summed E-state index contributed by atoms with van der Waals surface area (Å²) in [6.07, 6.45) is 1.70. The van der Waals surface area contributed by atoms with Crippen molar-refractivity contribution in [2.24, 2.45) is 5.41 Å². The molecule has 0 amide bonds. The Morgan fingerprint density at radius 1 is 1.47 bits per heavy atom. The van der Waals surface area contributed by atoms with Gasteiger partial charge in [-0.1, -0.05) is 19.1 Å². The Hall–Kier alpha value is -1.53. The van der Waals surface area contributed by atoms with Crippen LogP contribution in [0.5, 0.6) is 5.75 Å². The van der Waals surface area contributed by atoms with Crippen molar-refractivity contribution in [2.45, 2.75) is 19.8 Å². The lowest BCUT2D eigenvalue weighted by Crippen LogP contribution is -2.43. The summed E-state index contributed by atoms with van der Waals surface area (Å²) in [4.78, 5) is 0. The maximum absolute atomic E-state index is 9.17. The van der Waals surface area contributed by atoms with Gasteiger partial charge in [0.2, 0.25) is 0 Å². The molecular weight excluding hydrogens is 214 g/mol. The molecule has 2 rings (SSSR count). The van der Waals surface area contributed by atoms with Crippen LogP contribution in [0.25, 0.3) is 0 Å². The van der Waals surface area contributed by atoms with Crippen molar-refractivity contribution in [3.63, 3.8) is 0 Å². The van der Waals surface area contributed by atoms with Crippen LogP contribution in [0.1, 0.15) is 18.1 Å². The zero-order chi connectivity index (χ0) is 12.3. The van der Waals surface area contributed by atoms with Crippen LogP contribution in [0, 0.1) is 16.7 Å². The molecule has 0 spiro atoms. The lowest BCUT2D eigenvalue weighted by molar-refractivity contribution is -0.0765. The van der Waals surface area contributed by atoms with Crippen LogP contribution in [0.15, 0.2) is 18.2 Å². The molecule has 0 bridgehead atoms. The summed E-state index contributed by atoms with van der Waals surface area (Å²) in [5.74, 6) is 0.923. The van der Waals surface area contributed by atoms with E-state index in [-0.39, 0.29) is 5.41 Å². The van der Waals surface area contributed by atoms with E-state index in [0.717, 1.165) is 18.6 Å². The molecule has 0 saturated carbocycles. The number of aryl methyl sites for hydroxylation is 1. The predicted molar refractivity (Wildman–Crippen MR) is 64.9 cm³/mol. The first-order chi connectivity index (χ1) is 8.23. The molecule has 1 saturated heterocycles. The van der Waals surface area contributed by atoms with E-state index in [1.807, 2.05) is 12.1 Å². The Labute approximate surface area is 102 Å². The van der Waals surface area contributed by atoms with Crippen LogP contribution >= 0.6 is 0 Å². The van der Waals surface area contributed by atoms with Gasteiger partial charge >= 0.3 is 0 Å². The Bertz CT molecular complexity index is 444. The van der Waals surface area contributed by atoms with Gasteiger partial charge in [0.25, 0.3) is 0 Å². The van der Waals surface area contributed by atoms with E-state index >= 15 is 0 Å². The van der Waals surface area contributed by atoms with Crippen molar-refractivity contribution in [3.05, 3.63) is 29.3 Å². The van der Waals surface area contributed by atoms with Gasteiger partial charge in [-0.3, -0.25) is 0 Å². The fraction of sp³-hybridized carbons (Fsp3) is 0.500. The first-order valence-electron chi connectivity index (χ1n) is 5.88. The number of hydrogen-bond donors (Lipinski definition) is 0. The number of ether oxygens (including phenoxy) is 2. The third-order valence-corrected chi connectivity index (χ3v) is 3.26. The summed E-state index contributed by atoms with van der Waals surface area (Å²) in [5.41, 5.74) is 2.07. The van der Waals surface area contributed by atoms with E-state index in [2.05, 4.69) is 19.1 Å². The molecule has 1 heterocycles. The van der Waals surface area contributed by atoms with Gasteiger partial charge in [-0.15, -0.1) is 0 Å². The van der Waals surface area contributed by atoms with Crippen molar-refractivity contribution in [1.29, 1.82) is 5.26 Å². The summed E-state index contributed by atoms with van der Waals surface area (Å²) in [5, 5.41) is 9.17. The van der Waals surface area contributed by atoms with Crippen molar-refractivity contribution >= 4 is 0 Å². The fourth-order valence-corrected chi connectivity index (χ4v) is 2.16. The highest BCUT2D eigenvalue weighted by molar-refractivity contribution is 5.38. The highest BCUT2D eigenvalue weighted by atomic mass is 16.5. The van der Waals surface area contributed by atoms with Crippen LogP contribution in [0.4, 0.5) is 0 Å². The number of nitrogens with zero attached hydrogens (tertiary/aromatic N) is 1. The summed E-state index contributed by atoms with van der Waals surface area (Å²) in [7, 11) is 1.69. The van der Waals surface area contributed by atoms with E-state index in [9.17, 15) is 5.26 Å². The summed E-state index contributed by atoms with van der Waals surface area (Å²) < 4.78 is 10.5. The smallest absolute Gasteiger partial charge is 0.122 e. The second-order valence-corrected chi connectivity index (χ2v) is 4.56. The second-order valence-electron chi connectivity index (χ2n) is 4.56. The number of nitriles is 1. The molecule has 1 aromatic rings. The molecule has 17 heavy (non-hydrogen) atoms. The number of hydrogen-bond acceptors (Lipinski definition) is 3. The molecule has 0 unspecified atom stereocenters. The number of methoxy groups -OCH3 is 1. The normalized spacial score (nSPS) is 17.0. The van der Waals surface area contributed by atoms with Gasteiger partial charge in [-0.25, -0.2) is 0 Å². The SMILES string of the molecule is CCc1cc(CC2(C#N)COC2)ccc1OC. The van der Waals surface area contributed by atoms with Crippen LogP contribution in [0.2, 0.25) is 0 Å². The third kappa shape index (κ3) is 2.27. The average Bonchev–Trinajstić information content (AvgIpc) is 2.33. The Morgan fingerprint density at radius 3 is 2.71 bits per heavy atom. The highest BCUT2D eigenvalue weighted by Crippen LogP contribution is 2.32. The Balaban J connectivity index is 2.20. The van der Waals surface area contributed by atoms with Crippen molar-refractivity contribution in [2.75, 3.05) is 20.3 Å². The van der Waals surface area contributed by atoms with Crippen LogP contribution in [0.3, 0.4) is 0 Å². The monoisotopic (exact) mass is 231 g/mol. The fourth-order valence-electron chi connectivity index (χ4n) is 2.16. The number of benzene rings is 1.